The highest BCUT2D eigenvalue weighted by Gasteiger charge is 2.38. The number of nitrogens with zero attached hydrogens (tertiary/aromatic N) is 1. The third-order valence-corrected chi connectivity index (χ3v) is 2.32. The number of ketones is 1. The Hall–Kier alpha value is -1.82. The van der Waals surface area contributed by atoms with Crippen LogP contribution < -0.4 is 4.90 Å². The van der Waals surface area contributed by atoms with Gasteiger partial charge in [-0.2, -0.15) is 0 Å². The fourth-order valence-electron chi connectivity index (χ4n) is 1.66. The lowest BCUT2D eigenvalue weighted by atomic mass is 10.1. The first-order valence-electron chi connectivity index (χ1n) is 4.52. The van der Waals surface area contributed by atoms with Gasteiger partial charge >= 0.3 is 0 Å². The number of anilines is 1. The van der Waals surface area contributed by atoms with Crippen molar-refractivity contribution in [1.82, 2.24) is 0 Å². The van der Waals surface area contributed by atoms with Gasteiger partial charge in [0.1, 0.15) is 11.6 Å². The number of hydrogen-bond acceptors (Lipinski definition) is 3. The van der Waals surface area contributed by atoms with E-state index in [0.29, 0.717) is 6.07 Å². The van der Waals surface area contributed by atoms with E-state index in [-0.39, 0.29) is 12.2 Å². The Kier molecular flexibility index (Phi) is 2.43. The Morgan fingerprint density at radius 2 is 1.94 bits per heavy atom. The number of fused-ring (bicyclic) bond motifs is 1. The molecule has 0 aromatic heterocycles. The quantitative estimate of drug-likeness (QED) is 0.748. The highest BCUT2D eigenvalue weighted by molar-refractivity contribution is 6.52. The smallest absolute Gasteiger partial charge is 0.299 e. The van der Waals surface area contributed by atoms with E-state index >= 15 is 0 Å². The molecule has 16 heavy (non-hydrogen) atoms. The standard InChI is InChI=1S/C10H7F2NO3/c11-5-3-6(12)8-7(4-5)13(1-2-14)10(16)9(8)15/h3-4,14H,1-2H2. The van der Waals surface area contributed by atoms with E-state index in [1.165, 1.54) is 0 Å². The predicted octanol–water partition coefficient (Wildman–Crippen LogP) is 0.486. The van der Waals surface area contributed by atoms with Crippen LogP contribution in [-0.2, 0) is 4.79 Å². The normalized spacial score (nSPS) is 14.6. The summed E-state index contributed by atoms with van der Waals surface area (Å²) in [5.41, 5.74) is -0.554. The van der Waals surface area contributed by atoms with E-state index in [0.717, 1.165) is 11.0 Å². The summed E-state index contributed by atoms with van der Waals surface area (Å²) in [5, 5.41) is 8.70. The topological polar surface area (TPSA) is 57.6 Å². The number of halogens is 2. The Morgan fingerprint density at radius 3 is 2.56 bits per heavy atom. The summed E-state index contributed by atoms with van der Waals surface area (Å²) in [6.45, 7) is -0.558. The maximum absolute atomic E-state index is 13.3. The van der Waals surface area contributed by atoms with Crippen molar-refractivity contribution in [3.05, 3.63) is 29.3 Å². The van der Waals surface area contributed by atoms with Crippen LogP contribution in [0.15, 0.2) is 12.1 Å². The molecule has 6 heteroatoms. The van der Waals surface area contributed by atoms with Gasteiger partial charge < -0.3 is 10.0 Å². The van der Waals surface area contributed by atoms with Crippen LogP contribution in [0.3, 0.4) is 0 Å². The molecule has 84 valence electrons. The Labute approximate surface area is 89.1 Å². The van der Waals surface area contributed by atoms with Gasteiger partial charge in [0.25, 0.3) is 11.7 Å². The molecule has 1 aliphatic rings. The van der Waals surface area contributed by atoms with E-state index in [1.54, 1.807) is 0 Å². The SMILES string of the molecule is O=C1C(=O)N(CCO)c2cc(F)cc(F)c21. The molecule has 0 aliphatic carbocycles. The van der Waals surface area contributed by atoms with Crippen molar-refractivity contribution in [2.75, 3.05) is 18.1 Å². The molecule has 0 atom stereocenters. The lowest BCUT2D eigenvalue weighted by molar-refractivity contribution is -0.114. The molecule has 1 N–H and O–H groups in total. The van der Waals surface area contributed by atoms with Gasteiger partial charge in [0, 0.05) is 12.6 Å². The predicted molar refractivity (Wildman–Crippen MR) is 50.1 cm³/mol. The lowest BCUT2D eigenvalue weighted by Crippen LogP contribution is -2.32. The van der Waals surface area contributed by atoms with Crippen LogP contribution in [0.25, 0.3) is 0 Å². The number of hydrogen-bond donors (Lipinski definition) is 1. The van der Waals surface area contributed by atoms with E-state index in [1.807, 2.05) is 0 Å². The third kappa shape index (κ3) is 1.38. The summed E-state index contributed by atoms with van der Waals surface area (Å²) in [6, 6.07) is 1.45. The largest absolute Gasteiger partial charge is 0.395 e. The number of β-amino-alcohol motifs (C(OH)–C–C–N with tert-alkyl or cyclic N) is 1. The molecular weight excluding hydrogens is 220 g/mol. The van der Waals surface area contributed by atoms with Crippen LogP contribution in [-0.4, -0.2) is 29.9 Å². The molecule has 1 aromatic carbocycles. The number of amides is 1. The number of Topliss-reactive ketones (excluding diaryl/α,β-unsaturated/α-hetero) is 1. The monoisotopic (exact) mass is 227 g/mol. The van der Waals surface area contributed by atoms with Gasteiger partial charge in [0.05, 0.1) is 17.9 Å². The minimum absolute atomic E-state index is 0.124. The molecule has 0 saturated carbocycles. The molecule has 1 aromatic rings. The third-order valence-electron chi connectivity index (χ3n) is 2.32. The van der Waals surface area contributed by atoms with Gasteiger partial charge in [-0.25, -0.2) is 8.78 Å². The Bertz CT molecular complexity index is 487. The Morgan fingerprint density at radius 1 is 1.25 bits per heavy atom. The van der Waals surface area contributed by atoms with Crippen molar-refractivity contribution in [2.45, 2.75) is 0 Å². The first-order valence-corrected chi connectivity index (χ1v) is 4.52. The number of carbonyl (C=O) groups is 2. The van der Waals surface area contributed by atoms with Crippen LogP contribution >= 0.6 is 0 Å². The minimum Gasteiger partial charge on any atom is -0.395 e. The average Bonchev–Trinajstić information content (AvgIpc) is 2.44. The molecule has 0 saturated heterocycles. The fourth-order valence-corrected chi connectivity index (χ4v) is 1.66. The molecule has 0 bridgehead atoms. The zero-order valence-corrected chi connectivity index (χ0v) is 8.04. The summed E-state index contributed by atoms with van der Waals surface area (Å²) in [4.78, 5) is 23.6. The maximum atomic E-state index is 13.3. The molecule has 2 rings (SSSR count). The van der Waals surface area contributed by atoms with Gasteiger partial charge in [-0.05, 0) is 6.07 Å². The Balaban J connectivity index is 2.60. The molecule has 0 fully saturated rings. The average molecular weight is 227 g/mol. The van der Waals surface area contributed by atoms with Crippen molar-refractivity contribution in [3.8, 4) is 0 Å². The van der Waals surface area contributed by atoms with Gasteiger partial charge in [-0.1, -0.05) is 0 Å². The van der Waals surface area contributed by atoms with E-state index in [9.17, 15) is 18.4 Å². The van der Waals surface area contributed by atoms with Crippen molar-refractivity contribution in [1.29, 1.82) is 0 Å². The van der Waals surface area contributed by atoms with Crippen LogP contribution in [0.5, 0.6) is 0 Å². The van der Waals surface area contributed by atoms with Gasteiger partial charge in [-0.15, -0.1) is 0 Å². The zero-order chi connectivity index (χ0) is 11.9. The van der Waals surface area contributed by atoms with Crippen LogP contribution in [0, 0.1) is 11.6 Å². The fraction of sp³-hybridized carbons (Fsp3) is 0.200. The second kappa shape index (κ2) is 3.64. The van der Waals surface area contributed by atoms with Gasteiger partial charge in [0.15, 0.2) is 0 Å². The second-order valence-corrected chi connectivity index (χ2v) is 3.29. The van der Waals surface area contributed by atoms with Crippen LogP contribution in [0.1, 0.15) is 10.4 Å². The summed E-state index contributed by atoms with van der Waals surface area (Å²) in [5.74, 6) is -3.90. The van der Waals surface area contributed by atoms with Crippen molar-refractivity contribution < 1.29 is 23.5 Å². The molecule has 1 aliphatic heterocycles. The van der Waals surface area contributed by atoms with E-state index in [2.05, 4.69) is 0 Å². The molecule has 0 spiro atoms. The minimum atomic E-state index is -1.06. The molecular formula is C10H7F2NO3. The lowest BCUT2D eigenvalue weighted by Gasteiger charge is -2.14. The molecule has 1 amide bonds. The number of aliphatic hydroxyl groups excluding tert-OH is 1. The maximum Gasteiger partial charge on any atom is 0.299 e. The van der Waals surface area contributed by atoms with Gasteiger partial charge in [-0.3, -0.25) is 9.59 Å². The van der Waals surface area contributed by atoms with Crippen LogP contribution in [0.4, 0.5) is 14.5 Å². The molecule has 4 nitrogen and oxygen atoms in total. The molecule has 1 heterocycles. The number of rotatable bonds is 2. The van der Waals surface area contributed by atoms with E-state index in [4.69, 9.17) is 5.11 Å². The van der Waals surface area contributed by atoms with E-state index < -0.39 is 35.5 Å². The van der Waals surface area contributed by atoms with Gasteiger partial charge in [0.2, 0.25) is 0 Å². The summed E-state index contributed by atoms with van der Waals surface area (Å²) in [7, 11) is 0. The first-order chi connectivity index (χ1) is 7.56. The number of aliphatic hydroxyl groups is 1. The van der Waals surface area contributed by atoms with Crippen LogP contribution in [0.2, 0.25) is 0 Å². The highest BCUT2D eigenvalue weighted by atomic mass is 19.1. The highest BCUT2D eigenvalue weighted by Crippen LogP contribution is 2.31. The van der Waals surface area contributed by atoms with Crippen molar-refractivity contribution in [2.24, 2.45) is 0 Å². The summed E-state index contributed by atoms with van der Waals surface area (Å²) >= 11 is 0. The molecule has 0 unspecified atom stereocenters. The van der Waals surface area contributed by atoms with Crippen molar-refractivity contribution in [3.63, 3.8) is 0 Å². The number of carbonyl (C=O) groups excluding carboxylic acids is 2. The zero-order valence-electron chi connectivity index (χ0n) is 8.04. The second-order valence-electron chi connectivity index (χ2n) is 3.29. The van der Waals surface area contributed by atoms with Crippen molar-refractivity contribution >= 4 is 17.4 Å². The molecule has 0 radical (unpaired) electrons. The number of benzene rings is 1. The summed E-state index contributed by atoms with van der Waals surface area (Å²) in [6.07, 6.45) is 0. The first kappa shape index (κ1) is 10.7. The summed E-state index contributed by atoms with van der Waals surface area (Å²) < 4.78 is 26.2.